The summed E-state index contributed by atoms with van der Waals surface area (Å²) in [6, 6.07) is 0. The van der Waals surface area contributed by atoms with Crippen LogP contribution in [-0.4, -0.2) is 43.7 Å². The van der Waals surface area contributed by atoms with Gasteiger partial charge in [-0.2, -0.15) is 0 Å². The van der Waals surface area contributed by atoms with E-state index in [2.05, 4.69) is 6.92 Å². The average Bonchev–Trinajstić information content (AvgIpc) is 2.15. The van der Waals surface area contributed by atoms with E-state index in [0.717, 1.165) is 12.8 Å². The molecule has 0 fully saturated rings. The first-order valence-electron chi connectivity index (χ1n) is 5.97. The first-order valence-corrected chi connectivity index (χ1v) is 5.97. The van der Waals surface area contributed by atoms with Crippen molar-refractivity contribution in [2.24, 2.45) is 0 Å². The zero-order valence-electron chi connectivity index (χ0n) is 10.1. The van der Waals surface area contributed by atoms with E-state index < -0.39 is 5.97 Å². The van der Waals surface area contributed by atoms with Crippen LogP contribution in [0.3, 0.4) is 0 Å². The predicted octanol–water partition coefficient (Wildman–Crippen LogP) is 2.28. The third kappa shape index (κ3) is 17.3. The number of unbranched alkanes of at least 4 members (excludes halogenated alkanes) is 8. The first-order chi connectivity index (χ1) is 6.77. The van der Waals surface area contributed by atoms with Gasteiger partial charge in [-0.25, -0.2) is 0 Å². The van der Waals surface area contributed by atoms with E-state index in [1.807, 2.05) is 0 Å². The zero-order chi connectivity index (χ0) is 10.6. The van der Waals surface area contributed by atoms with Gasteiger partial charge < -0.3 is 9.90 Å². The number of carboxylic acids is 1. The molecule has 0 radical (unpaired) electrons. The van der Waals surface area contributed by atoms with Crippen molar-refractivity contribution in [1.29, 1.82) is 0 Å². The summed E-state index contributed by atoms with van der Waals surface area (Å²) in [5, 5.41) is 10.1. The second-order valence-electron chi connectivity index (χ2n) is 3.95. The molecule has 0 aromatic heterocycles. The maximum absolute atomic E-state index is 10.1. The van der Waals surface area contributed by atoms with Crippen LogP contribution < -0.4 is 5.11 Å². The number of aliphatic carboxylic acids is 1. The average molecular weight is 239 g/mol. The minimum atomic E-state index is -0.909. The molecule has 0 aromatic rings. The van der Waals surface area contributed by atoms with E-state index in [9.17, 15) is 9.90 Å². The van der Waals surface area contributed by atoms with Gasteiger partial charge >= 0.3 is 37.7 Å². The van der Waals surface area contributed by atoms with Crippen LogP contribution in [0.25, 0.3) is 0 Å². The van der Waals surface area contributed by atoms with Crippen molar-refractivity contribution < 1.29 is 9.90 Å². The molecule has 0 aliphatic heterocycles. The molecule has 0 rings (SSSR count). The van der Waals surface area contributed by atoms with E-state index in [1.54, 1.807) is 0 Å². The number of hydrogen-bond donors (Lipinski definition) is 0. The molecule has 0 aliphatic rings. The van der Waals surface area contributed by atoms with Gasteiger partial charge in [0.15, 0.2) is 0 Å². The zero-order valence-corrected chi connectivity index (χ0v) is 12.3. The van der Waals surface area contributed by atoms with Crippen LogP contribution in [0.4, 0.5) is 0 Å². The van der Waals surface area contributed by atoms with Crippen LogP contribution >= 0.6 is 0 Å². The van der Waals surface area contributed by atoms with Crippen LogP contribution in [0.15, 0.2) is 0 Å². The van der Waals surface area contributed by atoms with Gasteiger partial charge in [-0.1, -0.05) is 58.3 Å². The van der Waals surface area contributed by atoms with Crippen molar-refractivity contribution in [3.63, 3.8) is 0 Å². The van der Waals surface area contributed by atoms with E-state index >= 15 is 0 Å². The SMILES string of the molecule is CCCCCCCCCCCC(=O)[O-].[Ca+2]. The Bertz CT molecular complexity index is 138. The molecule has 0 amide bonds. The third-order valence-corrected chi connectivity index (χ3v) is 2.48. The molecule has 15 heavy (non-hydrogen) atoms. The van der Waals surface area contributed by atoms with Gasteiger partial charge in [0.05, 0.1) is 0 Å². The Morgan fingerprint density at radius 1 is 0.867 bits per heavy atom. The second-order valence-corrected chi connectivity index (χ2v) is 3.95. The normalized spacial score (nSPS) is 9.67. The van der Waals surface area contributed by atoms with E-state index in [-0.39, 0.29) is 44.2 Å². The predicted molar refractivity (Wildman–Crippen MR) is 62.6 cm³/mol. The summed E-state index contributed by atoms with van der Waals surface area (Å²) in [5.41, 5.74) is 0. The number of carboxylic acid groups (broad SMARTS) is 1. The summed E-state index contributed by atoms with van der Waals surface area (Å²) in [5.74, 6) is -0.909. The molecule has 0 bridgehead atoms. The fraction of sp³-hybridized carbons (Fsp3) is 0.917. The minimum absolute atomic E-state index is 0. The van der Waals surface area contributed by atoms with Crippen LogP contribution in [-0.2, 0) is 4.79 Å². The summed E-state index contributed by atoms with van der Waals surface area (Å²) in [6.45, 7) is 2.22. The van der Waals surface area contributed by atoms with E-state index in [4.69, 9.17) is 0 Å². The van der Waals surface area contributed by atoms with Crippen molar-refractivity contribution in [2.45, 2.75) is 71.1 Å². The van der Waals surface area contributed by atoms with Gasteiger partial charge in [0.2, 0.25) is 0 Å². The minimum Gasteiger partial charge on any atom is -0.550 e. The first kappa shape index (κ1) is 18.1. The Balaban J connectivity index is 0. The van der Waals surface area contributed by atoms with Gasteiger partial charge in [0.1, 0.15) is 0 Å². The number of hydrogen-bond acceptors (Lipinski definition) is 2. The second kappa shape index (κ2) is 14.7. The summed E-state index contributed by atoms with van der Waals surface area (Å²) >= 11 is 0. The molecule has 0 saturated heterocycles. The summed E-state index contributed by atoms with van der Waals surface area (Å²) in [4.78, 5) is 10.1. The smallest absolute Gasteiger partial charge is 0.550 e. The number of rotatable bonds is 10. The molecular formula is C12H23CaO2+. The molecule has 0 heterocycles. The van der Waals surface area contributed by atoms with Crippen molar-refractivity contribution in [1.82, 2.24) is 0 Å². The van der Waals surface area contributed by atoms with E-state index in [1.165, 1.54) is 44.9 Å². The van der Waals surface area contributed by atoms with Crippen LogP contribution in [0, 0.1) is 0 Å². The van der Waals surface area contributed by atoms with Gasteiger partial charge in [-0.15, -0.1) is 0 Å². The van der Waals surface area contributed by atoms with Crippen molar-refractivity contribution in [2.75, 3.05) is 0 Å². The number of carbonyl (C=O) groups excluding carboxylic acids is 1. The molecule has 3 heteroatoms. The molecule has 0 atom stereocenters. The Morgan fingerprint density at radius 3 is 1.67 bits per heavy atom. The fourth-order valence-corrected chi connectivity index (χ4v) is 1.58. The van der Waals surface area contributed by atoms with Gasteiger partial charge in [0, 0.05) is 5.97 Å². The van der Waals surface area contributed by atoms with Crippen molar-refractivity contribution in [3.05, 3.63) is 0 Å². The van der Waals surface area contributed by atoms with Crippen LogP contribution in [0.5, 0.6) is 0 Å². The summed E-state index contributed by atoms with van der Waals surface area (Å²) in [7, 11) is 0. The molecule has 0 aliphatic carbocycles. The molecule has 0 spiro atoms. The van der Waals surface area contributed by atoms with Crippen molar-refractivity contribution >= 4 is 43.7 Å². The molecule has 2 nitrogen and oxygen atoms in total. The molecule has 0 saturated carbocycles. The van der Waals surface area contributed by atoms with Gasteiger partial charge in [-0.3, -0.25) is 0 Å². The maximum atomic E-state index is 10.1. The Labute approximate surface area is 124 Å². The monoisotopic (exact) mass is 239 g/mol. The molecular weight excluding hydrogens is 216 g/mol. The maximum Gasteiger partial charge on any atom is 2.00 e. The van der Waals surface area contributed by atoms with Crippen LogP contribution in [0.2, 0.25) is 0 Å². The standard InChI is InChI=1S/C12H24O2.Ca/c1-2-3-4-5-6-7-8-9-10-11-12(13)14;/h2-11H2,1H3,(H,13,14);/q;+2/p-1. The topological polar surface area (TPSA) is 40.1 Å². The molecule has 84 valence electrons. The quantitative estimate of drug-likeness (QED) is 0.433. The largest absolute Gasteiger partial charge is 2.00 e. The third-order valence-electron chi connectivity index (χ3n) is 2.48. The molecule has 0 N–H and O–H groups in total. The van der Waals surface area contributed by atoms with E-state index in [0.29, 0.717) is 0 Å². The van der Waals surface area contributed by atoms with Gasteiger partial charge in [0.25, 0.3) is 0 Å². The van der Waals surface area contributed by atoms with Gasteiger partial charge in [-0.05, 0) is 12.8 Å². The van der Waals surface area contributed by atoms with Crippen molar-refractivity contribution in [3.8, 4) is 0 Å². The number of carbonyl (C=O) groups is 1. The Morgan fingerprint density at radius 2 is 1.27 bits per heavy atom. The summed E-state index contributed by atoms with van der Waals surface area (Å²) < 4.78 is 0. The molecule has 0 unspecified atom stereocenters. The fourth-order valence-electron chi connectivity index (χ4n) is 1.58. The Kier molecular flexibility index (Phi) is 17.8. The molecule has 0 aromatic carbocycles. The Hall–Kier alpha value is 0.730. The summed E-state index contributed by atoms with van der Waals surface area (Å²) in [6.07, 6.45) is 11.2. The van der Waals surface area contributed by atoms with Crippen LogP contribution in [0.1, 0.15) is 71.1 Å².